The van der Waals surface area contributed by atoms with Crippen molar-refractivity contribution in [3.63, 3.8) is 0 Å². The van der Waals surface area contributed by atoms with Gasteiger partial charge in [0.2, 0.25) is 5.95 Å². The molecule has 5 rings (SSSR count). The first-order valence-electron chi connectivity index (χ1n) is 11.7. The van der Waals surface area contributed by atoms with Crippen LogP contribution in [-0.4, -0.2) is 62.0 Å². The first-order chi connectivity index (χ1) is 17.5. The number of H-pyrrole nitrogens is 1. The lowest BCUT2D eigenvalue weighted by Crippen LogP contribution is -2.35. The zero-order chi connectivity index (χ0) is 25.1. The Hall–Kier alpha value is -3.64. The topological polar surface area (TPSA) is 105 Å². The van der Waals surface area contributed by atoms with Crippen molar-refractivity contribution < 1.29 is 9.13 Å². The van der Waals surface area contributed by atoms with Crippen LogP contribution in [0.5, 0.6) is 5.75 Å². The molecule has 3 aromatic heterocycles. The van der Waals surface area contributed by atoms with Gasteiger partial charge in [-0.1, -0.05) is 5.21 Å². The van der Waals surface area contributed by atoms with Crippen molar-refractivity contribution in [2.75, 3.05) is 32.1 Å². The molecular weight excluding hydrogens is 483 g/mol. The fraction of sp³-hybridized carbons (Fsp3) is 0.375. The average molecular weight is 511 g/mol. The van der Waals surface area contributed by atoms with E-state index >= 15 is 0 Å². The Morgan fingerprint density at radius 1 is 1.28 bits per heavy atom. The van der Waals surface area contributed by atoms with Gasteiger partial charge in [0, 0.05) is 48.8 Å². The number of anilines is 1. The van der Waals surface area contributed by atoms with E-state index in [1.54, 1.807) is 35.9 Å². The lowest BCUT2D eigenvalue weighted by Gasteiger charge is -2.31. The molecule has 0 radical (unpaired) electrons. The third-order valence-electron chi connectivity index (χ3n) is 6.04. The molecule has 0 unspecified atom stereocenters. The van der Waals surface area contributed by atoms with Gasteiger partial charge >= 0.3 is 0 Å². The van der Waals surface area contributed by atoms with Gasteiger partial charge in [0.05, 0.1) is 28.8 Å². The largest absolute Gasteiger partial charge is 0.484 e. The molecule has 1 aromatic carbocycles. The highest BCUT2D eigenvalue weighted by Crippen LogP contribution is 2.31. The fourth-order valence-electron chi connectivity index (χ4n) is 4.19. The van der Waals surface area contributed by atoms with Gasteiger partial charge in [-0.05, 0) is 39.1 Å². The third-order valence-corrected chi connectivity index (χ3v) is 7.09. The molecule has 1 aliphatic rings. The molecule has 1 aliphatic heterocycles. The average Bonchev–Trinajstić information content (AvgIpc) is 3.57. The lowest BCUT2D eigenvalue weighted by atomic mass is 9.98. The zero-order valence-corrected chi connectivity index (χ0v) is 20.9. The Bertz CT molecular complexity index is 1360. The molecule has 1 saturated heterocycles. The normalized spacial score (nSPS) is 14.5. The molecule has 1 N–H and O–H groups in total. The second-order valence-electron chi connectivity index (χ2n) is 8.99. The van der Waals surface area contributed by atoms with Gasteiger partial charge in [0.15, 0.2) is 11.6 Å². The van der Waals surface area contributed by atoms with Gasteiger partial charge in [-0.25, -0.2) is 19.0 Å². The Kier molecular flexibility index (Phi) is 7.05. The molecule has 10 nitrogen and oxygen atoms in total. The number of hydrogen-bond donors (Lipinski definition) is 1. The van der Waals surface area contributed by atoms with Crippen LogP contribution in [0.2, 0.25) is 0 Å². The molecule has 1 fully saturated rings. The summed E-state index contributed by atoms with van der Waals surface area (Å²) in [6, 6.07) is 4.67. The van der Waals surface area contributed by atoms with Gasteiger partial charge in [-0.2, -0.15) is 0 Å². The molecule has 0 amide bonds. The summed E-state index contributed by atoms with van der Waals surface area (Å²) in [5.41, 5.74) is 1.91. The molecule has 0 bridgehead atoms. The van der Waals surface area contributed by atoms with Crippen molar-refractivity contribution in [3.05, 3.63) is 74.6 Å². The van der Waals surface area contributed by atoms with E-state index in [1.807, 2.05) is 24.4 Å². The molecule has 188 valence electrons. The maximum atomic E-state index is 14.5. The van der Waals surface area contributed by atoms with E-state index in [1.165, 1.54) is 16.9 Å². The second kappa shape index (κ2) is 10.5. The van der Waals surface area contributed by atoms with Gasteiger partial charge in [-0.3, -0.25) is 9.78 Å². The fourth-order valence-corrected chi connectivity index (χ4v) is 5.16. The van der Waals surface area contributed by atoms with E-state index in [0.29, 0.717) is 29.7 Å². The highest BCUT2D eigenvalue weighted by atomic mass is 32.1. The minimum atomic E-state index is -0.466. The Balaban J connectivity index is 1.15. The van der Waals surface area contributed by atoms with Crippen molar-refractivity contribution >= 4 is 17.3 Å². The van der Waals surface area contributed by atoms with E-state index in [9.17, 15) is 9.18 Å². The zero-order valence-electron chi connectivity index (χ0n) is 20.1. The smallest absolute Gasteiger partial charge is 0.256 e. The van der Waals surface area contributed by atoms with E-state index in [2.05, 4.69) is 25.2 Å². The predicted molar refractivity (Wildman–Crippen MR) is 134 cm³/mol. The maximum absolute atomic E-state index is 14.5. The van der Waals surface area contributed by atoms with Gasteiger partial charge in [0.1, 0.15) is 6.61 Å². The van der Waals surface area contributed by atoms with Crippen LogP contribution >= 0.6 is 11.3 Å². The Labute approximate surface area is 211 Å². The minimum Gasteiger partial charge on any atom is -0.484 e. The number of aromatic amines is 1. The number of hydrogen-bond acceptors (Lipinski definition) is 9. The maximum Gasteiger partial charge on any atom is 0.256 e. The Morgan fingerprint density at radius 2 is 2.11 bits per heavy atom. The molecular formula is C24H27FN8O2S. The van der Waals surface area contributed by atoms with Crippen LogP contribution in [0.4, 0.5) is 10.3 Å². The monoisotopic (exact) mass is 510 g/mol. The number of nitrogens with one attached hydrogen (secondary N) is 1. The molecule has 36 heavy (non-hydrogen) atoms. The van der Waals surface area contributed by atoms with E-state index in [4.69, 9.17) is 9.72 Å². The summed E-state index contributed by atoms with van der Waals surface area (Å²) in [4.78, 5) is 28.6. The quantitative estimate of drug-likeness (QED) is 0.386. The summed E-state index contributed by atoms with van der Waals surface area (Å²) in [7, 11) is 3.84. The summed E-state index contributed by atoms with van der Waals surface area (Å²) in [6.45, 7) is 2.33. The minimum absolute atomic E-state index is 0.0927. The molecule has 0 aliphatic carbocycles. The number of halogens is 1. The second-order valence-corrected chi connectivity index (χ2v) is 9.88. The van der Waals surface area contributed by atoms with E-state index in [-0.39, 0.29) is 17.9 Å². The van der Waals surface area contributed by atoms with Crippen molar-refractivity contribution in [1.82, 2.24) is 34.8 Å². The van der Waals surface area contributed by atoms with Crippen LogP contribution in [0.1, 0.15) is 35.0 Å². The number of piperidine rings is 1. The standard InChI is InChI=1S/C24H27FN8O2S/c1-31(2)13-17-12-26-24(29-22(17)34)32-8-5-16(6-9-32)23-28-18(15-36-23)14-35-21-4-3-19(11-20(21)25)33-10-7-27-30-33/h3-4,7,10-12,15-16H,5-6,8-9,13-14H2,1-2H3,(H,26,29,34). The van der Waals surface area contributed by atoms with Crippen LogP contribution in [0.25, 0.3) is 5.69 Å². The van der Waals surface area contributed by atoms with Crippen molar-refractivity contribution in [2.24, 2.45) is 0 Å². The van der Waals surface area contributed by atoms with Crippen molar-refractivity contribution in [3.8, 4) is 11.4 Å². The molecule has 4 aromatic rings. The predicted octanol–water partition coefficient (Wildman–Crippen LogP) is 2.97. The van der Waals surface area contributed by atoms with Crippen LogP contribution in [0, 0.1) is 5.82 Å². The number of nitrogens with zero attached hydrogens (tertiary/aromatic N) is 7. The van der Waals surface area contributed by atoms with Crippen molar-refractivity contribution in [2.45, 2.75) is 31.9 Å². The highest BCUT2D eigenvalue weighted by Gasteiger charge is 2.24. The SMILES string of the molecule is CN(C)Cc1cnc(N2CCC(c3nc(COc4ccc(-n5ccnn5)cc4F)cs3)CC2)[nH]c1=O. The van der Waals surface area contributed by atoms with Gasteiger partial charge < -0.3 is 14.5 Å². The lowest BCUT2D eigenvalue weighted by molar-refractivity contribution is 0.286. The van der Waals surface area contributed by atoms with Crippen LogP contribution in [0.15, 0.2) is 47.0 Å². The third kappa shape index (κ3) is 5.44. The van der Waals surface area contributed by atoms with Crippen LogP contribution < -0.4 is 15.2 Å². The van der Waals surface area contributed by atoms with Crippen LogP contribution in [-0.2, 0) is 13.2 Å². The summed E-state index contributed by atoms with van der Waals surface area (Å²) < 4.78 is 21.7. The first kappa shape index (κ1) is 24.1. The summed E-state index contributed by atoms with van der Waals surface area (Å²) in [5, 5.41) is 10.6. The molecule has 0 spiro atoms. The van der Waals surface area contributed by atoms with Crippen LogP contribution in [0.3, 0.4) is 0 Å². The Morgan fingerprint density at radius 3 is 2.81 bits per heavy atom. The first-order valence-corrected chi connectivity index (χ1v) is 12.6. The van der Waals surface area contributed by atoms with Crippen molar-refractivity contribution in [1.29, 1.82) is 0 Å². The number of benzene rings is 1. The van der Waals surface area contributed by atoms with E-state index in [0.717, 1.165) is 36.6 Å². The summed E-state index contributed by atoms with van der Waals surface area (Å²) in [5.74, 6) is 0.650. The summed E-state index contributed by atoms with van der Waals surface area (Å²) >= 11 is 1.60. The molecule has 12 heteroatoms. The van der Waals surface area contributed by atoms with Gasteiger partial charge in [0.25, 0.3) is 5.56 Å². The summed E-state index contributed by atoms with van der Waals surface area (Å²) in [6.07, 6.45) is 6.67. The highest BCUT2D eigenvalue weighted by molar-refractivity contribution is 7.09. The van der Waals surface area contributed by atoms with Gasteiger partial charge in [-0.15, -0.1) is 16.4 Å². The number of rotatable bonds is 8. The van der Waals surface area contributed by atoms with E-state index < -0.39 is 5.82 Å². The number of ether oxygens (including phenoxy) is 1. The number of aromatic nitrogens is 6. The molecule has 0 atom stereocenters. The number of thiazole rings is 1. The molecule has 4 heterocycles. The molecule has 0 saturated carbocycles.